The molecule has 0 spiro atoms. The number of nitrogens with zero attached hydrogens (tertiary/aromatic N) is 1. The highest BCUT2D eigenvalue weighted by Crippen LogP contribution is 2.20. The predicted octanol–water partition coefficient (Wildman–Crippen LogP) is 1.38. The molecule has 0 fully saturated rings. The van der Waals surface area contributed by atoms with E-state index in [1.807, 2.05) is 0 Å². The van der Waals surface area contributed by atoms with E-state index in [-0.39, 0.29) is 0 Å². The van der Waals surface area contributed by atoms with Crippen LogP contribution in [0.5, 0.6) is 0 Å². The van der Waals surface area contributed by atoms with Gasteiger partial charge in [0.2, 0.25) is 10.0 Å². The summed E-state index contributed by atoms with van der Waals surface area (Å²) in [6.45, 7) is 1.27. The van der Waals surface area contributed by atoms with E-state index >= 15 is 0 Å². The lowest BCUT2D eigenvalue weighted by atomic mass is 10.1. The topological polar surface area (TPSA) is 101 Å². The summed E-state index contributed by atoms with van der Waals surface area (Å²) in [7, 11) is -2.69. The second kappa shape index (κ2) is 5.96. The van der Waals surface area contributed by atoms with Gasteiger partial charge in [-0.15, -0.1) is 0 Å². The highest BCUT2D eigenvalue weighted by Gasteiger charge is 2.28. The zero-order valence-corrected chi connectivity index (χ0v) is 12.3. The van der Waals surface area contributed by atoms with Crippen molar-refractivity contribution < 1.29 is 17.9 Å². The number of H-pyrrole nitrogens is 1. The molecule has 1 aromatic heterocycles. The summed E-state index contributed by atoms with van der Waals surface area (Å²) >= 11 is 0. The first-order valence-electron chi connectivity index (χ1n) is 6.13. The number of benzene rings is 1. The van der Waals surface area contributed by atoms with Crippen LogP contribution in [0.3, 0.4) is 0 Å². The summed E-state index contributed by atoms with van der Waals surface area (Å²) in [5.41, 5.74) is 2.07. The Bertz CT molecular complexity index is 708. The number of esters is 1. The number of carbonyl (C=O) groups is 1. The lowest BCUT2D eigenvalue weighted by Gasteiger charge is -2.13. The second-order valence-corrected chi connectivity index (χ2v) is 6.36. The fraction of sp³-hybridized carbons (Fsp3) is 0.231. The van der Waals surface area contributed by atoms with E-state index in [1.165, 1.54) is 6.92 Å². The highest BCUT2D eigenvalue weighted by molar-refractivity contribution is 7.94. The van der Waals surface area contributed by atoms with Gasteiger partial charge in [-0.05, 0) is 30.7 Å². The van der Waals surface area contributed by atoms with Crippen LogP contribution in [0.25, 0.3) is 11.3 Å². The van der Waals surface area contributed by atoms with Crippen molar-refractivity contribution in [1.29, 1.82) is 0 Å². The average Bonchev–Trinajstić information content (AvgIpc) is 3.00. The van der Waals surface area contributed by atoms with E-state index < -0.39 is 21.2 Å². The Hall–Kier alpha value is -2.35. The van der Waals surface area contributed by atoms with Crippen molar-refractivity contribution in [2.45, 2.75) is 12.2 Å². The van der Waals surface area contributed by atoms with Crippen molar-refractivity contribution >= 4 is 21.7 Å². The number of ether oxygens (including phenoxy) is 1. The van der Waals surface area contributed by atoms with Crippen LogP contribution >= 0.6 is 0 Å². The Morgan fingerprint density at radius 2 is 1.95 bits per heavy atom. The number of sulfonamides is 1. The maximum absolute atomic E-state index is 12.0. The van der Waals surface area contributed by atoms with Crippen LogP contribution in [-0.4, -0.2) is 36.9 Å². The SMILES string of the molecule is COC(=O)C(C)S(=O)(=O)Nc1ccc(-c2ccn[nH]2)cc1. The summed E-state index contributed by atoms with van der Waals surface area (Å²) in [6.07, 6.45) is 1.63. The van der Waals surface area contributed by atoms with E-state index in [9.17, 15) is 13.2 Å². The maximum Gasteiger partial charge on any atom is 0.325 e. The number of hydrogen-bond donors (Lipinski definition) is 2. The maximum atomic E-state index is 12.0. The fourth-order valence-electron chi connectivity index (χ4n) is 1.68. The molecule has 1 atom stereocenters. The van der Waals surface area contributed by atoms with E-state index in [4.69, 9.17) is 0 Å². The van der Waals surface area contributed by atoms with Crippen LogP contribution in [0.15, 0.2) is 36.5 Å². The Balaban J connectivity index is 2.15. The molecule has 0 aliphatic rings. The van der Waals surface area contributed by atoms with Crippen molar-refractivity contribution in [3.05, 3.63) is 36.5 Å². The van der Waals surface area contributed by atoms with E-state index in [0.717, 1.165) is 18.4 Å². The Morgan fingerprint density at radius 1 is 1.29 bits per heavy atom. The molecule has 112 valence electrons. The molecule has 0 saturated carbocycles. The van der Waals surface area contributed by atoms with Gasteiger partial charge >= 0.3 is 5.97 Å². The molecular formula is C13H15N3O4S. The molecule has 21 heavy (non-hydrogen) atoms. The highest BCUT2D eigenvalue weighted by atomic mass is 32.2. The Kier molecular flexibility index (Phi) is 4.27. The molecule has 2 aromatic rings. The number of rotatable bonds is 5. The zero-order valence-electron chi connectivity index (χ0n) is 11.5. The van der Waals surface area contributed by atoms with Gasteiger partial charge in [-0.3, -0.25) is 14.6 Å². The Morgan fingerprint density at radius 3 is 2.48 bits per heavy atom. The number of methoxy groups -OCH3 is 1. The van der Waals surface area contributed by atoms with Crippen LogP contribution in [0, 0.1) is 0 Å². The van der Waals surface area contributed by atoms with Gasteiger partial charge < -0.3 is 4.74 Å². The third kappa shape index (κ3) is 3.40. The lowest BCUT2D eigenvalue weighted by Crippen LogP contribution is -2.33. The number of anilines is 1. The molecule has 0 aliphatic carbocycles. The van der Waals surface area contributed by atoms with Crippen molar-refractivity contribution in [3.63, 3.8) is 0 Å². The van der Waals surface area contributed by atoms with Gasteiger partial charge in [0.15, 0.2) is 5.25 Å². The van der Waals surface area contributed by atoms with Gasteiger partial charge in [-0.25, -0.2) is 8.42 Å². The summed E-state index contributed by atoms with van der Waals surface area (Å²) in [5, 5.41) is 5.37. The first-order chi connectivity index (χ1) is 9.94. The normalized spacial score (nSPS) is 12.7. The minimum Gasteiger partial charge on any atom is -0.468 e. The largest absolute Gasteiger partial charge is 0.468 e. The molecule has 1 aromatic carbocycles. The third-order valence-corrected chi connectivity index (χ3v) is 4.60. The van der Waals surface area contributed by atoms with Gasteiger partial charge in [-0.1, -0.05) is 12.1 Å². The van der Waals surface area contributed by atoms with E-state index in [1.54, 1.807) is 36.5 Å². The van der Waals surface area contributed by atoms with Crippen molar-refractivity contribution in [2.24, 2.45) is 0 Å². The number of hydrogen-bond acceptors (Lipinski definition) is 5. The van der Waals surface area contributed by atoms with E-state index in [0.29, 0.717) is 5.69 Å². The Labute approximate surface area is 122 Å². The van der Waals surface area contributed by atoms with Gasteiger partial charge in [0, 0.05) is 11.9 Å². The van der Waals surface area contributed by atoms with Gasteiger partial charge in [-0.2, -0.15) is 5.10 Å². The smallest absolute Gasteiger partial charge is 0.325 e. The monoisotopic (exact) mass is 309 g/mol. The van der Waals surface area contributed by atoms with Crippen molar-refractivity contribution in [1.82, 2.24) is 10.2 Å². The summed E-state index contributed by atoms with van der Waals surface area (Å²) in [5.74, 6) is -0.809. The second-order valence-electron chi connectivity index (χ2n) is 4.36. The lowest BCUT2D eigenvalue weighted by molar-refractivity contribution is -0.139. The van der Waals surface area contributed by atoms with Crippen LogP contribution in [-0.2, 0) is 19.6 Å². The van der Waals surface area contributed by atoms with Gasteiger partial charge in [0.25, 0.3) is 0 Å². The van der Waals surface area contributed by atoms with Gasteiger partial charge in [0.1, 0.15) is 0 Å². The first kappa shape index (κ1) is 15.0. The molecule has 0 bridgehead atoms. The van der Waals surface area contributed by atoms with Crippen LogP contribution in [0.2, 0.25) is 0 Å². The van der Waals surface area contributed by atoms with Crippen LogP contribution < -0.4 is 4.72 Å². The molecule has 0 saturated heterocycles. The fourth-order valence-corrected chi connectivity index (χ4v) is 2.67. The standard InChI is InChI=1S/C13H15N3O4S/c1-9(13(17)20-2)21(18,19)16-11-5-3-10(4-6-11)12-7-8-14-15-12/h3-9,16H,1-2H3,(H,14,15). The summed E-state index contributed by atoms with van der Waals surface area (Å²) in [6, 6.07) is 8.51. The molecule has 0 aliphatic heterocycles. The average molecular weight is 309 g/mol. The third-order valence-electron chi connectivity index (χ3n) is 2.96. The minimum atomic E-state index is -3.84. The van der Waals surface area contributed by atoms with Gasteiger partial charge in [0.05, 0.1) is 12.8 Å². The molecule has 1 unspecified atom stereocenters. The summed E-state index contributed by atoms with van der Waals surface area (Å²) < 4.78 is 30.8. The number of aromatic nitrogens is 2. The zero-order chi connectivity index (χ0) is 15.5. The molecule has 0 amide bonds. The number of aromatic amines is 1. The predicted molar refractivity (Wildman–Crippen MR) is 78.0 cm³/mol. The van der Waals surface area contributed by atoms with Crippen LogP contribution in [0.4, 0.5) is 5.69 Å². The first-order valence-corrected chi connectivity index (χ1v) is 7.68. The molecule has 7 nitrogen and oxygen atoms in total. The van der Waals surface area contributed by atoms with Crippen molar-refractivity contribution in [3.8, 4) is 11.3 Å². The summed E-state index contributed by atoms with van der Waals surface area (Å²) in [4.78, 5) is 11.3. The molecular weight excluding hydrogens is 294 g/mol. The quantitative estimate of drug-likeness (QED) is 0.813. The number of nitrogens with one attached hydrogen (secondary N) is 2. The molecule has 1 heterocycles. The van der Waals surface area contributed by atoms with E-state index in [2.05, 4.69) is 19.7 Å². The minimum absolute atomic E-state index is 0.369. The molecule has 0 radical (unpaired) electrons. The molecule has 2 N–H and O–H groups in total. The van der Waals surface area contributed by atoms with Crippen molar-refractivity contribution in [2.75, 3.05) is 11.8 Å². The van der Waals surface area contributed by atoms with Crippen LogP contribution in [0.1, 0.15) is 6.92 Å². The molecule has 2 rings (SSSR count). The molecule has 8 heteroatoms. The number of carbonyl (C=O) groups excluding carboxylic acids is 1.